The molecule has 2 aromatic heterocycles. The maximum absolute atomic E-state index is 10.4. The van der Waals surface area contributed by atoms with Gasteiger partial charge in [-0.3, -0.25) is 0 Å². The molecule has 0 atom stereocenters. The van der Waals surface area contributed by atoms with E-state index in [1.165, 1.54) is 24.5 Å². The Hall–Kier alpha value is -3.30. The van der Waals surface area contributed by atoms with Crippen LogP contribution < -0.4 is 9.47 Å². The van der Waals surface area contributed by atoms with Crippen molar-refractivity contribution >= 4 is 12.3 Å². The molecule has 2 rings (SSSR count). The molecule has 10 nitrogen and oxygen atoms in total. The maximum Gasteiger partial charge on any atom is 0.512 e. The Balaban J connectivity index is 2.31. The summed E-state index contributed by atoms with van der Waals surface area (Å²) in [6.45, 7) is 0. The van der Waals surface area contributed by atoms with Gasteiger partial charge in [0.25, 0.3) is 0 Å². The lowest BCUT2D eigenvalue weighted by Gasteiger charge is -2.02. The van der Waals surface area contributed by atoms with Crippen molar-refractivity contribution in [2.45, 2.75) is 0 Å². The first-order valence-corrected chi connectivity index (χ1v) is 5.02. The van der Waals surface area contributed by atoms with Crippen LogP contribution in [0.25, 0.3) is 11.6 Å². The molecule has 102 valence electrons. The zero-order valence-electron chi connectivity index (χ0n) is 9.63. The van der Waals surface area contributed by atoms with Gasteiger partial charge in [-0.15, -0.1) is 0 Å². The standard InChI is InChI=1S/C10H6N4O6/c15-9(16)19-5-1-3-11-7(13-5)8-12-4-2-6(14-8)20-10(17)18/h1-4H,(H,15,16)(H,17,18). The second-order valence-corrected chi connectivity index (χ2v) is 3.17. The van der Waals surface area contributed by atoms with E-state index < -0.39 is 12.3 Å². The van der Waals surface area contributed by atoms with Gasteiger partial charge in [0.1, 0.15) is 0 Å². The van der Waals surface area contributed by atoms with Crippen LogP contribution in [0.5, 0.6) is 11.8 Å². The summed E-state index contributed by atoms with van der Waals surface area (Å²) in [5, 5.41) is 16.9. The lowest BCUT2D eigenvalue weighted by molar-refractivity contribution is 0.141. The highest BCUT2D eigenvalue weighted by atomic mass is 16.7. The van der Waals surface area contributed by atoms with E-state index in [-0.39, 0.29) is 23.4 Å². The van der Waals surface area contributed by atoms with Crippen LogP contribution in [0.4, 0.5) is 9.59 Å². The van der Waals surface area contributed by atoms with Crippen LogP contribution in [0.3, 0.4) is 0 Å². The van der Waals surface area contributed by atoms with Crippen molar-refractivity contribution in [3.63, 3.8) is 0 Å². The van der Waals surface area contributed by atoms with Crippen LogP contribution >= 0.6 is 0 Å². The number of ether oxygens (including phenoxy) is 2. The number of carboxylic acid groups (broad SMARTS) is 2. The van der Waals surface area contributed by atoms with E-state index in [2.05, 4.69) is 29.4 Å². The lowest BCUT2D eigenvalue weighted by Crippen LogP contribution is -2.07. The third-order valence-electron chi connectivity index (χ3n) is 1.84. The number of nitrogens with zero attached hydrogens (tertiary/aromatic N) is 4. The predicted octanol–water partition coefficient (Wildman–Crippen LogP) is 1.05. The van der Waals surface area contributed by atoms with Crippen molar-refractivity contribution in [1.29, 1.82) is 0 Å². The predicted molar refractivity (Wildman–Crippen MR) is 60.4 cm³/mol. The summed E-state index contributed by atoms with van der Waals surface area (Å²) in [6.07, 6.45) is -0.569. The number of aromatic nitrogens is 4. The maximum atomic E-state index is 10.4. The average Bonchev–Trinajstić information content (AvgIpc) is 2.38. The molecule has 0 fully saturated rings. The molecule has 2 aromatic rings. The summed E-state index contributed by atoms with van der Waals surface area (Å²) in [5.74, 6) is -0.509. The second kappa shape index (κ2) is 5.56. The molecular formula is C10H6N4O6. The Labute approximate surface area is 110 Å². The van der Waals surface area contributed by atoms with E-state index in [1.807, 2.05) is 0 Å². The fourth-order valence-electron chi connectivity index (χ4n) is 1.19. The van der Waals surface area contributed by atoms with Crippen molar-refractivity contribution in [3.05, 3.63) is 24.5 Å². The SMILES string of the molecule is O=C(O)Oc1ccnc(-c2nccc(OC(=O)O)n2)n1. The van der Waals surface area contributed by atoms with E-state index in [0.29, 0.717) is 0 Å². The zero-order chi connectivity index (χ0) is 14.5. The van der Waals surface area contributed by atoms with E-state index in [4.69, 9.17) is 10.2 Å². The molecule has 0 aliphatic rings. The lowest BCUT2D eigenvalue weighted by atomic mass is 10.5. The summed E-state index contributed by atoms with van der Waals surface area (Å²) in [5.41, 5.74) is 0. The van der Waals surface area contributed by atoms with Gasteiger partial charge in [0.15, 0.2) is 0 Å². The van der Waals surface area contributed by atoms with Gasteiger partial charge in [-0.05, 0) is 0 Å². The Kier molecular flexibility index (Phi) is 3.65. The first-order valence-electron chi connectivity index (χ1n) is 5.02. The van der Waals surface area contributed by atoms with E-state index in [1.54, 1.807) is 0 Å². The fourth-order valence-corrected chi connectivity index (χ4v) is 1.19. The van der Waals surface area contributed by atoms with Gasteiger partial charge < -0.3 is 19.7 Å². The minimum Gasteiger partial charge on any atom is -0.449 e. The molecule has 0 saturated carbocycles. The molecule has 0 aromatic carbocycles. The molecule has 0 amide bonds. The third-order valence-corrected chi connectivity index (χ3v) is 1.84. The van der Waals surface area contributed by atoms with Crippen LogP contribution in [0.2, 0.25) is 0 Å². The van der Waals surface area contributed by atoms with Crippen LogP contribution in [-0.2, 0) is 0 Å². The van der Waals surface area contributed by atoms with Crippen LogP contribution in [0.15, 0.2) is 24.5 Å². The first kappa shape index (κ1) is 13.1. The number of carbonyl (C=O) groups is 2. The molecule has 2 heterocycles. The highest BCUT2D eigenvalue weighted by Crippen LogP contribution is 2.15. The minimum atomic E-state index is -1.53. The Morgan fingerprint density at radius 3 is 1.60 bits per heavy atom. The molecule has 0 bridgehead atoms. The first-order chi connectivity index (χ1) is 9.54. The van der Waals surface area contributed by atoms with Gasteiger partial charge in [-0.25, -0.2) is 19.6 Å². The van der Waals surface area contributed by atoms with Gasteiger partial charge in [0.05, 0.1) is 0 Å². The van der Waals surface area contributed by atoms with E-state index in [9.17, 15) is 9.59 Å². The van der Waals surface area contributed by atoms with Crippen molar-refractivity contribution in [1.82, 2.24) is 19.9 Å². The molecule has 0 aliphatic carbocycles. The summed E-state index contributed by atoms with van der Waals surface area (Å²) in [6, 6.07) is 2.46. The molecule has 10 heteroatoms. The highest BCUT2D eigenvalue weighted by molar-refractivity contribution is 5.61. The minimum absolute atomic E-state index is 0.0420. The fraction of sp³-hybridized carbons (Fsp3) is 0. The summed E-state index contributed by atoms with van der Waals surface area (Å²) < 4.78 is 8.71. The van der Waals surface area contributed by atoms with Crippen molar-refractivity contribution < 1.29 is 29.3 Å². The Morgan fingerprint density at radius 2 is 1.25 bits per heavy atom. The van der Waals surface area contributed by atoms with Gasteiger partial charge in [0, 0.05) is 24.5 Å². The van der Waals surface area contributed by atoms with Crippen molar-refractivity contribution in [2.24, 2.45) is 0 Å². The second-order valence-electron chi connectivity index (χ2n) is 3.17. The van der Waals surface area contributed by atoms with Crippen molar-refractivity contribution in [2.75, 3.05) is 0 Å². The van der Waals surface area contributed by atoms with E-state index >= 15 is 0 Å². The number of hydrogen-bond acceptors (Lipinski definition) is 8. The number of hydrogen-bond donors (Lipinski definition) is 2. The number of rotatable bonds is 3. The Bertz CT molecular complexity index is 604. The summed E-state index contributed by atoms with van der Waals surface area (Å²) >= 11 is 0. The van der Waals surface area contributed by atoms with Gasteiger partial charge in [0.2, 0.25) is 23.4 Å². The monoisotopic (exact) mass is 278 g/mol. The highest BCUT2D eigenvalue weighted by Gasteiger charge is 2.11. The third kappa shape index (κ3) is 3.35. The van der Waals surface area contributed by atoms with Gasteiger partial charge in [-0.2, -0.15) is 9.97 Å². The smallest absolute Gasteiger partial charge is 0.449 e. The molecule has 0 spiro atoms. The molecule has 2 N–H and O–H groups in total. The largest absolute Gasteiger partial charge is 0.512 e. The van der Waals surface area contributed by atoms with Crippen LogP contribution in [0.1, 0.15) is 0 Å². The Morgan fingerprint density at radius 1 is 0.850 bits per heavy atom. The van der Waals surface area contributed by atoms with Crippen LogP contribution in [-0.4, -0.2) is 42.5 Å². The van der Waals surface area contributed by atoms with E-state index in [0.717, 1.165) is 0 Å². The molecule has 0 saturated heterocycles. The molecule has 0 radical (unpaired) electrons. The average molecular weight is 278 g/mol. The topological polar surface area (TPSA) is 145 Å². The summed E-state index contributed by atoms with van der Waals surface area (Å²) in [4.78, 5) is 36.0. The van der Waals surface area contributed by atoms with Gasteiger partial charge >= 0.3 is 12.3 Å². The van der Waals surface area contributed by atoms with Crippen molar-refractivity contribution in [3.8, 4) is 23.4 Å². The normalized spacial score (nSPS) is 9.80. The quantitative estimate of drug-likeness (QED) is 0.781. The van der Waals surface area contributed by atoms with Crippen LogP contribution in [0, 0.1) is 0 Å². The van der Waals surface area contributed by atoms with Gasteiger partial charge in [-0.1, -0.05) is 0 Å². The molecule has 0 unspecified atom stereocenters. The zero-order valence-corrected chi connectivity index (χ0v) is 9.63. The summed E-state index contributed by atoms with van der Waals surface area (Å²) in [7, 11) is 0. The molecular weight excluding hydrogens is 272 g/mol. The molecule has 0 aliphatic heterocycles. The molecule has 20 heavy (non-hydrogen) atoms.